The first kappa shape index (κ1) is 28.3. The van der Waals surface area contributed by atoms with E-state index in [4.69, 9.17) is 25.8 Å². The molecule has 4 rings (SSSR count). The molecule has 0 fully saturated rings. The van der Waals surface area contributed by atoms with Crippen LogP contribution in [0.15, 0.2) is 70.1 Å². The Kier molecular flexibility index (Phi) is 8.72. The minimum absolute atomic E-state index is 0.0960. The van der Waals surface area contributed by atoms with Crippen molar-refractivity contribution < 1.29 is 23.4 Å². The van der Waals surface area contributed by atoms with Crippen molar-refractivity contribution in [3.63, 3.8) is 0 Å². The molecule has 0 bridgehead atoms. The standard InChI is InChI=1S/C29H28ClFN2O5S/c1-6-12-37-22-11-10-18(13-23(22)36-5)26-25(28(35)38-15-16(2)3)17(4)32-29-33(26)27(34)24(39-29)14-19-20(30)8-7-9-21(19)31/h6-11,13-14,16,26H,1,12,15H2,2-5H3. The second-order valence-corrected chi connectivity index (χ2v) is 10.6. The van der Waals surface area contributed by atoms with Crippen molar-refractivity contribution in [3.8, 4) is 11.5 Å². The Labute approximate surface area is 234 Å². The van der Waals surface area contributed by atoms with Gasteiger partial charge in [-0.2, -0.15) is 0 Å². The number of esters is 1. The predicted octanol–water partition coefficient (Wildman–Crippen LogP) is 4.80. The maximum atomic E-state index is 14.5. The summed E-state index contributed by atoms with van der Waals surface area (Å²) in [5.41, 5.74) is 0.867. The van der Waals surface area contributed by atoms with Gasteiger partial charge in [-0.15, -0.1) is 0 Å². The van der Waals surface area contributed by atoms with Gasteiger partial charge in [-0.25, -0.2) is 14.2 Å². The molecule has 3 aromatic rings. The molecule has 0 saturated carbocycles. The number of fused-ring (bicyclic) bond motifs is 1. The van der Waals surface area contributed by atoms with Crippen molar-refractivity contribution in [2.45, 2.75) is 26.8 Å². The van der Waals surface area contributed by atoms with Crippen molar-refractivity contribution in [2.24, 2.45) is 10.9 Å². The first-order valence-electron chi connectivity index (χ1n) is 12.2. The van der Waals surface area contributed by atoms with Crippen molar-refractivity contribution in [2.75, 3.05) is 20.3 Å². The van der Waals surface area contributed by atoms with Crippen LogP contribution in [0.2, 0.25) is 5.02 Å². The molecule has 0 N–H and O–H groups in total. The first-order chi connectivity index (χ1) is 18.7. The molecule has 204 valence electrons. The molecular formula is C29H28ClFN2O5S. The molecule has 0 aliphatic carbocycles. The lowest BCUT2D eigenvalue weighted by atomic mass is 9.95. The molecule has 2 heterocycles. The van der Waals surface area contributed by atoms with Gasteiger partial charge >= 0.3 is 5.97 Å². The summed E-state index contributed by atoms with van der Waals surface area (Å²) >= 11 is 7.30. The van der Waals surface area contributed by atoms with E-state index in [1.165, 1.54) is 29.9 Å². The molecule has 1 atom stereocenters. The zero-order chi connectivity index (χ0) is 28.3. The van der Waals surface area contributed by atoms with Crippen LogP contribution >= 0.6 is 22.9 Å². The highest BCUT2D eigenvalue weighted by Crippen LogP contribution is 2.36. The summed E-state index contributed by atoms with van der Waals surface area (Å²) in [6, 6.07) is 8.61. The number of rotatable bonds is 9. The molecule has 1 aliphatic rings. The van der Waals surface area contributed by atoms with Gasteiger partial charge < -0.3 is 14.2 Å². The summed E-state index contributed by atoms with van der Waals surface area (Å²) in [5.74, 6) is -0.126. The van der Waals surface area contributed by atoms with Crippen LogP contribution in [0, 0.1) is 11.7 Å². The van der Waals surface area contributed by atoms with E-state index in [1.807, 2.05) is 13.8 Å². The molecule has 1 aliphatic heterocycles. The molecular weight excluding hydrogens is 543 g/mol. The Morgan fingerprint density at radius 2 is 2.05 bits per heavy atom. The van der Waals surface area contributed by atoms with Crippen LogP contribution in [-0.2, 0) is 9.53 Å². The number of nitrogens with zero attached hydrogens (tertiary/aromatic N) is 2. The average molecular weight is 571 g/mol. The molecule has 7 nitrogen and oxygen atoms in total. The minimum Gasteiger partial charge on any atom is -0.493 e. The van der Waals surface area contributed by atoms with Crippen molar-refractivity contribution in [1.82, 2.24) is 4.57 Å². The number of hydrogen-bond donors (Lipinski definition) is 0. The van der Waals surface area contributed by atoms with Crippen LogP contribution in [0.4, 0.5) is 4.39 Å². The molecule has 1 aromatic heterocycles. The van der Waals surface area contributed by atoms with Gasteiger partial charge in [0, 0.05) is 5.56 Å². The van der Waals surface area contributed by atoms with Gasteiger partial charge in [-0.1, -0.05) is 61.6 Å². The third kappa shape index (κ3) is 5.84. The Hall–Kier alpha value is -3.69. The second kappa shape index (κ2) is 12.0. The van der Waals surface area contributed by atoms with Gasteiger partial charge in [-0.05, 0) is 48.7 Å². The summed E-state index contributed by atoms with van der Waals surface area (Å²) in [7, 11) is 1.50. The van der Waals surface area contributed by atoms with Crippen molar-refractivity contribution in [1.29, 1.82) is 0 Å². The number of allylic oxidation sites excluding steroid dienone is 1. The lowest BCUT2D eigenvalue weighted by Gasteiger charge is -2.25. The predicted molar refractivity (Wildman–Crippen MR) is 150 cm³/mol. The number of aromatic nitrogens is 1. The number of hydrogen-bond acceptors (Lipinski definition) is 7. The fourth-order valence-electron chi connectivity index (χ4n) is 4.12. The lowest BCUT2D eigenvalue weighted by molar-refractivity contribution is -0.140. The van der Waals surface area contributed by atoms with E-state index >= 15 is 0 Å². The Balaban J connectivity index is 1.94. The number of thiazole rings is 1. The van der Waals surface area contributed by atoms with Gasteiger partial charge in [0.25, 0.3) is 5.56 Å². The van der Waals surface area contributed by atoms with Gasteiger partial charge in [-0.3, -0.25) is 9.36 Å². The smallest absolute Gasteiger partial charge is 0.338 e. The Bertz CT molecular complexity index is 1620. The molecule has 0 amide bonds. The quantitative estimate of drug-likeness (QED) is 0.273. The fourth-order valence-corrected chi connectivity index (χ4v) is 5.37. The summed E-state index contributed by atoms with van der Waals surface area (Å²) in [6.45, 7) is 9.70. The lowest BCUT2D eigenvalue weighted by Crippen LogP contribution is -2.40. The topological polar surface area (TPSA) is 79.1 Å². The maximum Gasteiger partial charge on any atom is 0.338 e. The molecule has 2 aromatic carbocycles. The van der Waals surface area contributed by atoms with E-state index < -0.39 is 23.4 Å². The van der Waals surface area contributed by atoms with Crippen LogP contribution in [0.1, 0.15) is 37.9 Å². The van der Waals surface area contributed by atoms with Gasteiger partial charge in [0.05, 0.1) is 40.6 Å². The van der Waals surface area contributed by atoms with Gasteiger partial charge in [0.1, 0.15) is 12.4 Å². The number of carbonyl (C=O) groups is 1. The number of halogens is 2. The molecule has 0 radical (unpaired) electrons. The Morgan fingerprint density at radius 3 is 2.72 bits per heavy atom. The highest BCUT2D eigenvalue weighted by molar-refractivity contribution is 7.07. The summed E-state index contributed by atoms with van der Waals surface area (Å²) < 4.78 is 33.0. The van der Waals surface area contributed by atoms with E-state index in [9.17, 15) is 14.0 Å². The normalized spacial score (nSPS) is 15.2. The van der Waals surface area contributed by atoms with Crippen LogP contribution in [-0.4, -0.2) is 30.9 Å². The number of methoxy groups -OCH3 is 1. The van der Waals surface area contributed by atoms with Crippen LogP contribution in [0.25, 0.3) is 6.08 Å². The third-order valence-corrected chi connectivity index (χ3v) is 7.24. The molecule has 1 unspecified atom stereocenters. The average Bonchev–Trinajstić information content (AvgIpc) is 3.21. The highest BCUT2D eigenvalue weighted by atomic mass is 35.5. The number of carbonyl (C=O) groups excluding carboxylic acids is 1. The molecule has 0 saturated heterocycles. The van der Waals surface area contributed by atoms with Crippen LogP contribution in [0.3, 0.4) is 0 Å². The van der Waals surface area contributed by atoms with Crippen molar-refractivity contribution in [3.05, 3.63) is 102 Å². The molecule has 39 heavy (non-hydrogen) atoms. The largest absolute Gasteiger partial charge is 0.493 e. The first-order valence-corrected chi connectivity index (χ1v) is 13.4. The summed E-state index contributed by atoms with van der Waals surface area (Å²) in [4.78, 5) is 32.1. The van der Waals surface area contributed by atoms with E-state index in [0.717, 1.165) is 11.3 Å². The van der Waals surface area contributed by atoms with E-state index in [2.05, 4.69) is 11.6 Å². The fraction of sp³-hybridized carbons (Fsp3) is 0.276. The van der Waals surface area contributed by atoms with E-state index in [-0.39, 0.29) is 39.8 Å². The highest BCUT2D eigenvalue weighted by Gasteiger charge is 2.34. The zero-order valence-corrected chi connectivity index (χ0v) is 23.6. The van der Waals surface area contributed by atoms with Crippen LogP contribution < -0.4 is 24.4 Å². The van der Waals surface area contributed by atoms with E-state index in [1.54, 1.807) is 37.3 Å². The second-order valence-electron chi connectivity index (χ2n) is 9.22. The van der Waals surface area contributed by atoms with Crippen molar-refractivity contribution >= 4 is 35.0 Å². The maximum absolute atomic E-state index is 14.5. The number of ether oxygens (including phenoxy) is 3. The van der Waals surface area contributed by atoms with Crippen LogP contribution in [0.5, 0.6) is 11.5 Å². The monoisotopic (exact) mass is 570 g/mol. The summed E-state index contributed by atoms with van der Waals surface area (Å²) in [5, 5.41) is 0.173. The van der Waals surface area contributed by atoms with Gasteiger partial charge in [0.2, 0.25) is 0 Å². The minimum atomic E-state index is -0.874. The molecule has 0 spiro atoms. The third-order valence-electron chi connectivity index (χ3n) is 5.92. The zero-order valence-electron chi connectivity index (χ0n) is 22.0. The van der Waals surface area contributed by atoms with E-state index in [0.29, 0.717) is 27.6 Å². The molecule has 10 heteroatoms. The summed E-state index contributed by atoms with van der Waals surface area (Å²) in [6.07, 6.45) is 3.02. The Morgan fingerprint density at radius 1 is 1.28 bits per heavy atom. The SMILES string of the molecule is C=CCOc1ccc(C2C(C(=O)OCC(C)C)=C(C)N=c3sc(=Cc4c(F)cccc4Cl)c(=O)n32)cc1OC. The number of benzene rings is 2. The van der Waals surface area contributed by atoms with Gasteiger partial charge in [0.15, 0.2) is 16.3 Å².